The highest BCUT2D eigenvalue weighted by Gasteiger charge is 2.46. The van der Waals surface area contributed by atoms with Crippen LogP contribution < -0.4 is 5.73 Å². The fraction of sp³-hybridized carbons (Fsp3) is 1.00. The molecule has 0 aromatic carbocycles. The maximum atomic E-state index is 13.0. The summed E-state index contributed by atoms with van der Waals surface area (Å²) in [6.45, 7) is 3.54. The Morgan fingerprint density at radius 2 is 1.88 bits per heavy atom. The van der Waals surface area contributed by atoms with Gasteiger partial charge in [0.2, 0.25) is 0 Å². The van der Waals surface area contributed by atoms with Crippen LogP contribution in [0, 0.1) is 5.92 Å². The Morgan fingerprint density at radius 1 is 1.29 bits per heavy atom. The summed E-state index contributed by atoms with van der Waals surface area (Å²) in [5.74, 6) is 0.512. The minimum atomic E-state index is -4.25. The van der Waals surface area contributed by atoms with Crippen molar-refractivity contribution in [3.05, 3.63) is 0 Å². The fourth-order valence-electron chi connectivity index (χ4n) is 2.90. The van der Waals surface area contributed by atoms with Gasteiger partial charge < -0.3 is 5.73 Å². The minimum Gasteiger partial charge on any atom is -0.326 e. The van der Waals surface area contributed by atoms with Crippen molar-refractivity contribution in [2.45, 2.75) is 63.8 Å². The predicted octanol–water partition coefficient (Wildman–Crippen LogP) is 2.78. The molecule has 5 heteroatoms. The van der Waals surface area contributed by atoms with Crippen LogP contribution in [0.15, 0.2) is 0 Å². The van der Waals surface area contributed by atoms with E-state index in [1.54, 1.807) is 7.05 Å². The van der Waals surface area contributed by atoms with Crippen LogP contribution in [0.4, 0.5) is 13.2 Å². The van der Waals surface area contributed by atoms with Gasteiger partial charge in [-0.2, -0.15) is 13.2 Å². The van der Waals surface area contributed by atoms with E-state index in [0.717, 1.165) is 25.7 Å². The van der Waals surface area contributed by atoms with E-state index in [2.05, 4.69) is 6.92 Å². The Kier molecular flexibility index (Phi) is 4.84. The van der Waals surface area contributed by atoms with E-state index < -0.39 is 18.3 Å². The third-order valence-electron chi connectivity index (χ3n) is 3.76. The van der Waals surface area contributed by atoms with Gasteiger partial charge in [0.05, 0.1) is 0 Å². The van der Waals surface area contributed by atoms with Gasteiger partial charge in [0.25, 0.3) is 0 Å². The summed E-state index contributed by atoms with van der Waals surface area (Å²) in [4.78, 5) is 1.44. The highest BCUT2D eigenvalue weighted by Crippen LogP contribution is 2.33. The third kappa shape index (κ3) is 3.85. The lowest BCUT2D eigenvalue weighted by Gasteiger charge is -2.41. The molecule has 4 atom stereocenters. The Balaban J connectivity index is 2.74. The number of hydrogen-bond donors (Lipinski definition) is 1. The molecule has 0 amide bonds. The van der Waals surface area contributed by atoms with Gasteiger partial charge in [0.15, 0.2) is 0 Å². The molecule has 2 N–H and O–H groups in total. The van der Waals surface area contributed by atoms with Crippen LogP contribution in [0.3, 0.4) is 0 Å². The Hall–Kier alpha value is -0.290. The van der Waals surface area contributed by atoms with E-state index in [1.807, 2.05) is 0 Å². The standard InChI is InChI=1S/C12H23F3N2/c1-8-5-4-6-10(7-8)17(3)11(9(2)16)12(13,14)15/h8-11H,4-7,16H2,1-3H3. The second-order valence-electron chi connectivity index (χ2n) is 5.44. The number of alkyl halides is 3. The van der Waals surface area contributed by atoms with E-state index in [4.69, 9.17) is 5.73 Å². The van der Waals surface area contributed by atoms with Gasteiger partial charge in [-0.05, 0) is 32.7 Å². The number of likely N-dealkylation sites (N-methyl/N-ethyl adjacent to an activating group) is 1. The first-order valence-electron chi connectivity index (χ1n) is 6.27. The largest absolute Gasteiger partial charge is 0.405 e. The summed E-state index contributed by atoms with van der Waals surface area (Å²) >= 11 is 0. The van der Waals surface area contributed by atoms with E-state index in [-0.39, 0.29) is 6.04 Å². The van der Waals surface area contributed by atoms with Gasteiger partial charge >= 0.3 is 6.18 Å². The molecule has 1 aliphatic carbocycles. The van der Waals surface area contributed by atoms with Crippen LogP contribution >= 0.6 is 0 Å². The zero-order valence-electron chi connectivity index (χ0n) is 10.8. The third-order valence-corrected chi connectivity index (χ3v) is 3.76. The molecule has 17 heavy (non-hydrogen) atoms. The first kappa shape index (κ1) is 14.8. The zero-order valence-corrected chi connectivity index (χ0v) is 10.8. The monoisotopic (exact) mass is 252 g/mol. The van der Waals surface area contributed by atoms with Crippen molar-refractivity contribution in [2.24, 2.45) is 11.7 Å². The lowest BCUT2D eigenvalue weighted by atomic mass is 9.85. The summed E-state index contributed by atoms with van der Waals surface area (Å²) in [7, 11) is 1.56. The second-order valence-corrected chi connectivity index (χ2v) is 5.44. The summed E-state index contributed by atoms with van der Waals surface area (Å²) in [5.41, 5.74) is 5.50. The molecule has 0 heterocycles. The molecule has 0 aliphatic heterocycles. The SMILES string of the molecule is CC1CCCC(N(C)C(C(C)N)C(F)(F)F)C1. The highest BCUT2D eigenvalue weighted by molar-refractivity contribution is 4.89. The zero-order chi connectivity index (χ0) is 13.2. The minimum absolute atomic E-state index is 0.0105. The van der Waals surface area contributed by atoms with Crippen molar-refractivity contribution in [1.29, 1.82) is 0 Å². The van der Waals surface area contributed by atoms with Gasteiger partial charge in [-0.1, -0.05) is 19.8 Å². The first-order chi connectivity index (χ1) is 7.73. The summed E-state index contributed by atoms with van der Waals surface area (Å²) in [6.07, 6.45) is -0.418. The molecule has 1 aliphatic rings. The van der Waals surface area contributed by atoms with Gasteiger partial charge in [-0.25, -0.2) is 0 Å². The Morgan fingerprint density at radius 3 is 2.29 bits per heavy atom. The van der Waals surface area contributed by atoms with Crippen LogP contribution in [0.2, 0.25) is 0 Å². The molecule has 2 nitrogen and oxygen atoms in total. The number of halogens is 3. The molecule has 0 spiro atoms. The quantitative estimate of drug-likeness (QED) is 0.837. The number of rotatable bonds is 3. The molecule has 1 saturated carbocycles. The average Bonchev–Trinajstić information content (AvgIpc) is 2.14. The van der Waals surface area contributed by atoms with Gasteiger partial charge in [-0.15, -0.1) is 0 Å². The van der Waals surface area contributed by atoms with E-state index in [1.165, 1.54) is 11.8 Å². The van der Waals surface area contributed by atoms with Gasteiger partial charge in [0.1, 0.15) is 6.04 Å². The highest BCUT2D eigenvalue weighted by atomic mass is 19.4. The van der Waals surface area contributed by atoms with Crippen LogP contribution in [0.25, 0.3) is 0 Å². The van der Waals surface area contributed by atoms with Crippen molar-refractivity contribution >= 4 is 0 Å². The van der Waals surface area contributed by atoms with Crippen LogP contribution in [0.5, 0.6) is 0 Å². The fourth-order valence-corrected chi connectivity index (χ4v) is 2.90. The molecule has 0 bridgehead atoms. The molecule has 0 radical (unpaired) electrons. The molecule has 0 aromatic heterocycles. The maximum absolute atomic E-state index is 13.0. The van der Waals surface area contributed by atoms with Gasteiger partial charge in [0, 0.05) is 12.1 Å². The lowest BCUT2D eigenvalue weighted by molar-refractivity contribution is -0.192. The van der Waals surface area contributed by atoms with E-state index in [0.29, 0.717) is 5.92 Å². The van der Waals surface area contributed by atoms with Gasteiger partial charge in [-0.3, -0.25) is 4.90 Å². The molecule has 0 aromatic rings. The topological polar surface area (TPSA) is 29.3 Å². The van der Waals surface area contributed by atoms with Crippen LogP contribution in [-0.4, -0.2) is 36.2 Å². The average molecular weight is 252 g/mol. The van der Waals surface area contributed by atoms with Crippen molar-refractivity contribution in [3.63, 3.8) is 0 Å². The lowest BCUT2D eigenvalue weighted by Crippen LogP contribution is -2.57. The molecule has 0 saturated heterocycles. The Labute approximate surface area is 101 Å². The summed E-state index contributed by atoms with van der Waals surface area (Å²) < 4.78 is 38.9. The van der Waals surface area contributed by atoms with Crippen molar-refractivity contribution < 1.29 is 13.2 Å². The summed E-state index contributed by atoms with van der Waals surface area (Å²) in [5, 5.41) is 0. The smallest absolute Gasteiger partial charge is 0.326 e. The number of nitrogens with zero attached hydrogens (tertiary/aromatic N) is 1. The van der Waals surface area contributed by atoms with E-state index in [9.17, 15) is 13.2 Å². The first-order valence-corrected chi connectivity index (χ1v) is 6.27. The van der Waals surface area contributed by atoms with Crippen LogP contribution in [-0.2, 0) is 0 Å². The molecule has 1 fully saturated rings. The number of nitrogens with two attached hydrogens (primary N) is 1. The second kappa shape index (κ2) is 5.57. The Bertz CT molecular complexity index is 240. The van der Waals surface area contributed by atoms with Crippen molar-refractivity contribution in [3.8, 4) is 0 Å². The van der Waals surface area contributed by atoms with Crippen molar-refractivity contribution in [1.82, 2.24) is 4.90 Å². The normalized spacial score (nSPS) is 30.4. The molecule has 1 rings (SSSR count). The summed E-state index contributed by atoms with van der Waals surface area (Å²) in [6, 6.07) is -2.41. The van der Waals surface area contributed by atoms with Crippen molar-refractivity contribution in [2.75, 3.05) is 7.05 Å². The molecular weight excluding hydrogens is 229 g/mol. The predicted molar refractivity (Wildman–Crippen MR) is 62.7 cm³/mol. The molecular formula is C12H23F3N2. The molecule has 4 unspecified atom stereocenters. The molecule has 102 valence electrons. The maximum Gasteiger partial charge on any atom is 0.405 e. The van der Waals surface area contributed by atoms with Crippen LogP contribution in [0.1, 0.15) is 39.5 Å². The van der Waals surface area contributed by atoms with E-state index >= 15 is 0 Å². The number of hydrogen-bond acceptors (Lipinski definition) is 2.